The predicted molar refractivity (Wildman–Crippen MR) is 89.7 cm³/mol. The normalized spacial score (nSPS) is 10.9. The Kier molecular flexibility index (Phi) is 3.90. The first-order valence-corrected chi connectivity index (χ1v) is 7.55. The van der Waals surface area contributed by atoms with Crippen LogP contribution in [0.3, 0.4) is 0 Å². The molecule has 112 valence electrons. The lowest BCUT2D eigenvalue weighted by Gasteiger charge is -2.11. The molecule has 0 aliphatic heterocycles. The van der Waals surface area contributed by atoms with Crippen molar-refractivity contribution < 1.29 is 9.21 Å². The third kappa shape index (κ3) is 2.72. The molecule has 1 amide bonds. The Morgan fingerprint density at radius 3 is 2.82 bits per heavy atom. The highest BCUT2D eigenvalue weighted by Gasteiger charge is 2.15. The lowest BCUT2D eigenvalue weighted by atomic mass is 10.1. The average molecular weight is 314 g/mol. The number of rotatable bonds is 3. The molecule has 0 aliphatic carbocycles. The highest BCUT2D eigenvalue weighted by atomic mass is 35.5. The molecule has 0 fully saturated rings. The van der Waals surface area contributed by atoms with E-state index in [1.807, 2.05) is 25.1 Å². The van der Waals surface area contributed by atoms with Crippen LogP contribution in [0, 0.1) is 6.92 Å². The summed E-state index contributed by atoms with van der Waals surface area (Å²) >= 11 is 5.96. The van der Waals surface area contributed by atoms with E-state index in [4.69, 9.17) is 16.0 Å². The highest BCUT2D eigenvalue weighted by Crippen LogP contribution is 2.25. The molecule has 3 rings (SSSR count). The van der Waals surface area contributed by atoms with E-state index < -0.39 is 0 Å². The van der Waals surface area contributed by atoms with Gasteiger partial charge in [-0.2, -0.15) is 0 Å². The molecule has 4 heteroatoms. The van der Waals surface area contributed by atoms with Gasteiger partial charge in [0.25, 0.3) is 5.91 Å². The Hall–Kier alpha value is -2.26. The van der Waals surface area contributed by atoms with E-state index in [9.17, 15) is 4.79 Å². The van der Waals surface area contributed by atoms with Gasteiger partial charge in [0.2, 0.25) is 0 Å². The molecule has 0 atom stereocenters. The van der Waals surface area contributed by atoms with Crippen LogP contribution in [0.25, 0.3) is 11.0 Å². The summed E-state index contributed by atoms with van der Waals surface area (Å²) < 4.78 is 5.60. The molecule has 1 aromatic heterocycles. The van der Waals surface area contributed by atoms with Crippen LogP contribution in [0.2, 0.25) is 5.02 Å². The van der Waals surface area contributed by atoms with E-state index in [0.717, 1.165) is 28.6 Å². The number of hydrogen-bond acceptors (Lipinski definition) is 2. The van der Waals surface area contributed by atoms with Crippen LogP contribution in [0.15, 0.2) is 46.9 Å². The van der Waals surface area contributed by atoms with Gasteiger partial charge in [0, 0.05) is 16.1 Å². The lowest BCUT2D eigenvalue weighted by molar-refractivity contribution is 0.0998. The van der Waals surface area contributed by atoms with Crippen LogP contribution in [0.4, 0.5) is 5.69 Å². The Morgan fingerprint density at radius 1 is 1.23 bits per heavy atom. The Morgan fingerprint density at radius 2 is 2.05 bits per heavy atom. The number of furan rings is 1. The zero-order valence-electron chi connectivity index (χ0n) is 12.4. The second kappa shape index (κ2) is 5.85. The summed E-state index contributed by atoms with van der Waals surface area (Å²) in [6, 6.07) is 13.0. The number of benzene rings is 2. The SMILES string of the molecule is CCc1cccc(C)c1NC(=O)c1cc2cc(Cl)ccc2o1. The molecule has 0 radical (unpaired) electrons. The molecule has 3 nitrogen and oxygen atoms in total. The van der Waals surface area contributed by atoms with Crippen LogP contribution in [-0.2, 0) is 6.42 Å². The summed E-state index contributed by atoms with van der Waals surface area (Å²) in [5, 5.41) is 4.39. The van der Waals surface area contributed by atoms with Crippen molar-refractivity contribution in [3.05, 3.63) is 64.4 Å². The largest absolute Gasteiger partial charge is 0.451 e. The van der Waals surface area contributed by atoms with Gasteiger partial charge >= 0.3 is 0 Å². The van der Waals surface area contributed by atoms with Crippen molar-refractivity contribution in [1.29, 1.82) is 0 Å². The molecular weight excluding hydrogens is 298 g/mol. The topological polar surface area (TPSA) is 42.2 Å². The summed E-state index contributed by atoms with van der Waals surface area (Å²) in [5.41, 5.74) is 3.64. The Bertz CT molecular complexity index is 851. The van der Waals surface area contributed by atoms with Crippen molar-refractivity contribution in [3.63, 3.8) is 0 Å². The molecule has 0 saturated heterocycles. The van der Waals surface area contributed by atoms with E-state index >= 15 is 0 Å². The standard InChI is InChI=1S/C18H16ClNO2/c1-3-12-6-4-5-11(2)17(12)20-18(21)16-10-13-9-14(19)7-8-15(13)22-16/h4-10H,3H2,1-2H3,(H,20,21). The Balaban J connectivity index is 1.93. The molecule has 0 spiro atoms. The van der Waals surface area contributed by atoms with Crippen molar-refractivity contribution in [2.45, 2.75) is 20.3 Å². The fourth-order valence-corrected chi connectivity index (χ4v) is 2.68. The lowest BCUT2D eigenvalue weighted by Crippen LogP contribution is -2.13. The highest BCUT2D eigenvalue weighted by molar-refractivity contribution is 6.31. The number of amides is 1. The van der Waals surface area contributed by atoms with Crippen molar-refractivity contribution in [2.24, 2.45) is 0 Å². The van der Waals surface area contributed by atoms with Crippen LogP contribution in [-0.4, -0.2) is 5.91 Å². The minimum Gasteiger partial charge on any atom is -0.451 e. The number of anilines is 1. The zero-order valence-corrected chi connectivity index (χ0v) is 13.2. The molecule has 1 N–H and O–H groups in total. The smallest absolute Gasteiger partial charge is 0.291 e. The number of carbonyl (C=O) groups is 1. The molecule has 0 bridgehead atoms. The molecule has 0 unspecified atom stereocenters. The summed E-state index contributed by atoms with van der Waals surface area (Å²) in [6.07, 6.45) is 0.854. The van der Waals surface area contributed by atoms with Gasteiger partial charge in [-0.25, -0.2) is 0 Å². The van der Waals surface area contributed by atoms with E-state index in [2.05, 4.69) is 12.2 Å². The number of nitrogens with one attached hydrogen (secondary N) is 1. The predicted octanol–water partition coefficient (Wildman–Crippen LogP) is 5.21. The fraction of sp³-hybridized carbons (Fsp3) is 0.167. The van der Waals surface area contributed by atoms with Gasteiger partial charge in [0.05, 0.1) is 0 Å². The molecular formula is C18H16ClNO2. The van der Waals surface area contributed by atoms with Gasteiger partial charge in [-0.05, 0) is 48.7 Å². The van der Waals surface area contributed by atoms with Crippen molar-refractivity contribution in [1.82, 2.24) is 0 Å². The Labute approximate surface area is 133 Å². The molecule has 2 aromatic carbocycles. The van der Waals surface area contributed by atoms with Gasteiger partial charge in [0.15, 0.2) is 5.76 Å². The third-order valence-electron chi connectivity index (χ3n) is 3.68. The van der Waals surface area contributed by atoms with E-state index in [1.165, 1.54) is 0 Å². The molecule has 1 heterocycles. The number of para-hydroxylation sites is 1. The number of fused-ring (bicyclic) bond motifs is 1. The van der Waals surface area contributed by atoms with Gasteiger partial charge in [-0.15, -0.1) is 0 Å². The van der Waals surface area contributed by atoms with Crippen LogP contribution >= 0.6 is 11.6 Å². The van der Waals surface area contributed by atoms with E-state index in [1.54, 1.807) is 24.3 Å². The monoisotopic (exact) mass is 313 g/mol. The van der Waals surface area contributed by atoms with Crippen molar-refractivity contribution >= 4 is 34.2 Å². The van der Waals surface area contributed by atoms with E-state index in [-0.39, 0.29) is 11.7 Å². The number of halogens is 1. The maximum absolute atomic E-state index is 12.5. The summed E-state index contributed by atoms with van der Waals surface area (Å²) in [5.74, 6) is 0.0268. The first-order chi connectivity index (χ1) is 10.6. The first kappa shape index (κ1) is 14.7. The summed E-state index contributed by atoms with van der Waals surface area (Å²) in [7, 11) is 0. The van der Waals surface area contributed by atoms with Crippen LogP contribution in [0.5, 0.6) is 0 Å². The van der Waals surface area contributed by atoms with Crippen molar-refractivity contribution in [2.75, 3.05) is 5.32 Å². The second-order valence-electron chi connectivity index (χ2n) is 5.21. The fourth-order valence-electron chi connectivity index (χ4n) is 2.50. The summed E-state index contributed by atoms with van der Waals surface area (Å²) in [4.78, 5) is 12.5. The van der Waals surface area contributed by atoms with Gasteiger partial charge in [-0.3, -0.25) is 4.79 Å². The number of aryl methyl sites for hydroxylation is 2. The minimum atomic E-state index is -0.253. The van der Waals surface area contributed by atoms with Gasteiger partial charge < -0.3 is 9.73 Å². The number of hydrogen-bond donors (Lipinski definition) is 1. The van der Waals surface area contributed by atoms with E-state index in [0.29, 0.717) is 10.6 Å². The first-order valence-electron chi connectivity index (χ1n) is 7.17. The van der Waals surface area contributed by atoms with Crippen LogP contribution in [0.1, 0.15) is 28.6 Å². The molecule has 22 heavy (non-hydrogen) atoms. The molecule has 0 saturated carbocycles. The molecule has 0 aliphatic rings. The summed E-state index contributed by atoms with van der Waals surface area (Å²) in [6.45, 7) is 4.04. The second-order valence-corrected chi connectivity index (χ2v) is 5.65. The maximum Gasteiger partial charge on any atom is 0.291 e. The van der Waals surface area contributed by atoms with Crippen LogP contribution < -0.4 is 5.32 Å². The van der Waals surface area contributed by atoms with Gasteiger partial charge in [0.1, 0.15) is 5.58 Å². The quantitative estimate of drug-likeness (QED) is 0.721. The third-order valence-corrected chi connectivity index (χ3v) is 3.92. The van der Waals surface area contributed by atoms with Crippen molar-refractivity contribution in [3.8, 4) is 0 Å². The minimum absolute atomic E-state index is 0.253. The van der Waals surface area contributed by atoms with Gasteiger partial charge in [-0.1, -0.05) is 36.7 Å². The number of carbonyl (C=O) groups excluding carboxylic acids is 1. The zero-order chi connectivity index (χ0) is 15.7. The maximum atomic E-state index is 12.5. The average Bonchev–Trinajstić information content (AvgIpc) is 2.92. The molecule has 3 aromatic rings.